The number of ether oxygens (including phenoxy) is 1. The van der Waals surface area contributed by atoms with Gasteiger partial charge in [-0.1, -0.05) is 19.8 Å². The number of nitrogens with zero attached hydrogens (tertiary/aromatic N) is 1. The van der Waals surface area contributed by atoms with Crippen LogP contribution in [0, 0.1) is 0 Å². The lowest BCUT2D eigenvalue weighted by Crippen LogP contribution is -2.29. The maximum absolute atomic E-state index is 12.3. The van der Waals surface area contributed by atoms with Gasteiger partial charge in [0.05, 0.1) is 6.61 Å². The standard InChI is InChI=1S/C15H19N3O6/c1-3-5-6-7-9-8-10(19)23-13-11(9)12(20)16-14(17-13)24-18-15(21)22-4-2/h8H,3-7H2,1-2H3,(H,18,21)(H,16,17,20). The van der Waals surface area contributed by atoms with Crippen molar-refractivity contribution in [1.82, 2.24) is 15.4 Å². The first-order valence-corrected chi connectivity index (χ1v) is 7.71. The maximum atomic E-state index is 12.3. The van der Waals surface area contributed by atoms with E-state index in [4.69, 9.17) is 9.25 Å². The third-order valence-electron chi connectivity index (χ3n) is 3.23. The molecule has 0 aliphatic rings. The van der Waals surface area contributed by atoms with E-state index < -0.39 is 17.3 Å². The van der Waals surface area contributed by atoms with E-state index in [2.05, 4.69) is 21.6 Å². The zero-order valence-corrected chi connectivity index (χ0v) is 13.5. The Balaban J connectivity index is 2.31. The molecule has 1 amide bonds. The predicted molar refractivity (Wildman–Crippen MR) is 84.9 cm³/mol. The number of aromatic amines is 1. The van der Waals surface area contributed by atoms with E-state index in [9.17, 15) is 14.4 Å². The van der Waals surface area contributed by atoms with Crippen molar-refractivity contribution in [1.29, 1.82) is 0 Å². The highest BCUT2D eigenvalue weighted by molar-refractivity contribution is 5.75. The monoisotopic (exact) mass is 337 g/mol. The molecule has 0 bridgehead atoms. The number of H-pyrrole nitrogens is 1. The van der Waals surface area contributed by atoms with Crippen LogP contribution in [0.1, 0.15) is 38.7 Å². The first-order valence-electron chi connectivity index (χ1n) is 7.71. The highest BCUT2D eigenvalue weighted by Gasteiger charge is 2.14. The second-order valence-electron chi connectivity index (χ2n) is 5.02. The second-order valence-corrected chi connectivity index (χ2v) is 5.02. The summed E-state index contributed by atoms with van der Waals surface area (Å²) in [5.74, 6) is 0. The SMILES string of the molecule is CCCCCc1cc(=O)oc2nc(ONC(=O)OCC)[nH]c(=O)c12. The fourth-order valence-corrected chi connectivity index (χ4v) is 2.19. The topological polar surface area (TPSA) is 124 Å². The predicted octanol–water partition coefficient (Wildman–Crippen LogP) is 1.65. The second kappa shape index (κ2) is 8.14. The minimum Gasteiger partial charge on any atom is -0.448 e. The molecule has 9 heteroatoms. The Morgan fingerprint density at radius 3 is 2.83 bits per heavy atom. The molecule has 0 radical (unpaired) electrons. The van der Waals surface area contributed by atoms with Crippen molar-refractivity contribution < 1.29 is 18.8 Å². The Bertz CT molecular complexity index is 826. The lowest BCUT2D eigenvalue weighted by Gasteiger charge is -2.07. The number of carbonyl (C=O) groups excluding carboxylic acids is 1. The Kier molecular flexibility index (Phi) is 5.94. The molecule has 0 unspecified atom stereocenters. The number of hydrogen-bond acceptors (Lipinski definition) is 7. The summed E-state index contributed by atoms with van der Waals surface area (Å²) in [6.45, 7) is 3.85. The average molecular weight is 337 g/mol. The Morgan fingerprint density at radius 2 is 2.12 bits per heavy atom. The molecule has 0 saturated heterocycles. The molecule has 0 aliphatic heterocycles. The van der Waals surface area contributed by atoms with Gasteiger partial charge in [-0.25, -0.2) is 9.59 Å². The van der Waals surface area contributed by atoms with Crippen LogP contribution in [0.2, 0.25) is 0 Å². The molecule has 0 aromatic carbocycles. The molecular weight excluding hydrogens is 318 g/mol. The number of amides is 1. The van der Waals surface area contributed by atoms with Crippen LogP contribution < -0.4 is 21.5 Å². The summed E-state index contributed by atoms with van der Waals surface area (Å²) in [5, 5.41) is 0.203. The number of aromatic nitrogens is 2. The van der Waals surface area contributed by atoms with Crippen LogP contribution in [0.5, 0.6) is 6.01 Å². The molecule has 0 spiro atoms. The number of rotatable bonds is 7. The Labute approximate surface area is 136 Å². The van der Waals surface area contributed by atoms with E-state index in [0.717, 1.165) is 19.3 Å². The number of aryl methyl sites for hydroxylation is 1. The lowest BCUT2D eigenvalue weighted by atomic mass is 10.1. The van der Waals surface area contributed by atoms with Crippen molar-refractivity contribution in [2.24, 2.45) is 0 Å². The number of carbonyl (C=O) groups is 1. The van der Waals surface area contributed by atoms with E-state index in [-0.39, 0.29) is 23.7 Å². The fraction of sp³-hybridized carbons (Fsp3) is 0.467. The molecule has 24 heavy (non-hydrogen) atoms. The lowest BCUT2D eigenvalue weighted by molar-refractivity contribution is 0.0992. The first-order chi connectivity index (χ1) is 11.5. The molecule has 2 aromatic heterocycles. The summed E-state index contributed by atoms with van der Waals surface area (Å²) in [4.78, 5) is 46.2. The van der Waals surface area contributed by atoms with Gasteiger partial charge in [0.2, 0.25) is 5.71 Å². The van der Waals surface area contributed by atoms with Gasteiger partial charge in [-0.05, 0) is 25.3 Å². The molecule has 2 N–H and O–H groups in total. The molecule has 0 fully saturated rings. The van der Waals surface area contributed by atoms with Crippen molar-refractivity contribution in [3.63, 3.8) is 0 Å². The van der Waals surface area contributed by atoms with Gasteiger partial charge in [0.15, 0.2) is 0 Å². The third kappa shape index (κ3) is 4.34. The summed E-state index contributed by atoms with van der Waals surface area (Å²) in [6.07, 6.45) is 2.58. The molecule has 2 rings (SSSR count). The summed E-state index contributed by atoms with van der Waals surface area (Å²) in [5.41, 5.74) is 1.27. The normalized spacial score (nSPS) is 10.6. The molecule has 9 nitrogen and oxygen atoms in total. The number of hydrogen-bond donors (Lipinski definition) is 2. The zero-order chi connectivity index (χ0) is 17.5. The summed E-state index contributed by atoms with van der Waals surface area (Å²) in [6, 6.07) is 0.987. The Morgan fingerprint density at radius 1 is 1.33 bits per heavy atom. The average Bonchev–Trinajstić information content (AvgIpc) is 2.52. The van der Waals surface area contributed by atoms with Gasteiger partial charge in [0.1, 0.15) is 5.39 Å². The van der Waals surface area contributed by atoms with Gasteiger partial charge in [-0.3, -0.25) is 9.78 Å². The van der Waals surface area contributed by atoms with E-state index in [1.807, 2.05) is 5.48 Å². The highest BCUT2D eigenvalue weighted by Crippen LogP contribution is 2.15. The van der Waals surface area contributed by atoms with E-state index in [1.165, 1.54) is 6.07 Å². The van der Waals surface area contributed by atoms with Gasteiger partial charge in [0.25, 0.3) is 5.56 Å². The van der Waals surface area contributed by atoms with Gasteiger partial charge in [-0.2, -0.15) is 4.98 Å². The van der Waals surface area contributed by atoms with Crippen molar-refractivity contribution in [3.8, 4) is 6.01 Å². The van der Waals surface area contributed by atoms with Crippen LogP contribution >= 0.6 is 0 Å². The molecule has 0 aliphatic carbocycles. The van der Waals surface area contributed by atoms with Crippen LogP contribution in [0.4, 0.5) is 4.79 Å². The largest absolute Gasteiger partial charge is 0.448 e. The van der Waals surface area contributed by atoms with Gasteiger partial charge < -0.3 is 14.0 Å². The summed E-state index contributed by atoms with van der Waals surface area (Å²) < 4.78 is 9.58. The van der Waals surface area contributed by atoms with Crippen LogP contribution in [0.25, 0.3) is 11.1 Å². The zero-order valence-electron chi connectivity index (χ0n) is 13.5. The van der Waals surface area contributed by atoms with Gasteiger partial charge in [-0.15, -0.1) is 5.48 Å². The summed E-state index contributed by atoms with van der Waals surface area (Å²) >= 11 is 0. The van der Waals surface area contributed by atoms with Gasteiger partial charge in [0, 0.05) is 6.07 Å². The van der Waals surface area contributed by atoms with E-state index in [1.54, 1.807) is 6.92 Å². The minimum absolute atomic E-state index is 0.140. The van der Waals surface area contributed by atoms with Crippen molar-refractivity contribution >= 4 is 17.2 Å². The maximum Gasteiger partial charge on any atom is 0.440 e. The van der Waals surface area contributed by atoms with Gasteiger partial charge >= 0.3 is 17.7 Å². The molecule has 2 aromatic rings. The summed E-state index contributed by atoms with van der Waals surface area (Å²) in [7, 11) is 0. The molecule has 130 valence electrons. The van der Waals surface area contributed by atoms with Crippen LogP contribution in [-0.4, -0.2) is 22.7 Å². The number of nitrogens with one attached hydrogen (secondary N) is 2. The van der Waals surface area contributed by atoms with Crippen LogP contribution in [-0.2, 0) is 11.2 Å². The molecule has 2 heterocycles. The van der Waals surface area contributed by atoms with Crippen molar-refractivity contribution in [3.05, 3.63) is 32.4 Å². The molecule has 0 saturated carbocycles. The number of fused-ring (bicyclic) bond motifs is 1. The minimum atomic E-state index is -0.838. The number of unbranched alkanes of at least 4 members (excludes halogenated alkanes) is 2. The molecule has 0 atom stereocenters. The van der Waals surface area contributed by atoms with Crippen LogP contribution in [0.3, 0.4) is 0 Å². The quantitative estimate of drug-likeness (QED) is 0.581. The van der Waals surface area contributed by atoms with Crippen molar-refractivity contribution in [2.75, 3.05) is 6.61 Å². The highest BCUT2D eigenvalue weighted by atomic mass is 16.7. The smallest absolute Gasteiger partial charge is 0.440 e. The van der Waals surface area contributed by atoms with E-state index >= 15 is 0 Å². The molecular formula is C15H19N3O6. The number of hydroxylamine groups is 1. The van der Waals surface area contributed by atoms with Crippen molar-refractivity contribution in [2.45, 2.75) is 39.5 Å². The first kappa shape index (κ1) is 17.5. The fourth-order valence-electron chi connectivity index (χ4n) is 2.19. The van der Waals surface area contributed by atoms with Crippen LogP contribution in [0.15, 0.2) is 20.1 Å². The van der Waals surface area contributed by atoms with E-state index in [0.29, 0.717) is 12.0 Å². The Hall–Kier alpha value is -2.84. The third-order valence-corrected chi connectivity index (χ3v) is 3.23.